The van der Waals surface area contributed by atoms with E-state index < -0.39 is 55.9 Å². The molecule has 0 N–H and O–H groups in total. The number of rotatable bonds is 3. The first-order valence-electron chi connectivity index (χ1n) is 5.82. The smallest absolute Gasteiger partial charge is 0.267 e. The van der Waals surface area contributed by atoms with Crippen LogP contribution in [0.2, 0.25) is 0 Å². The van der Waals surface area contributed by atoms with Gasteiger partial charge in [0, 0.05) is 13.1 Å². The highest BCUT2D eigenvalue weighted by molar-refractivity contribution is 4.96. The summed E-state index contributed by atoms with van der Waals surface area (Å²) in [5.41, 5.74) is 0. The molecule has 0 aliphatic carbocycles. The molecule has 1 saturated heterocycles. The second-order valence-electron chi connectivity index (χ2n) is 4.88. The SMILES string of the molecule is C=CC(F)(F)C(F)N1CC(C(F)(F)F)CC(C(F)(F)F)C1. The number of hydrogen-bond acceptors (Lipinski definition) is 1. The van der Waals surface area contributed by atoms with Gasteiger partial charge in [-0.2, -0.15) is 35.1 Å². The normalized spacial score (nSPS) is 27.5. The van der Waals surface area contributed by atoms with Gasteiger partial charge in [0.15, 0.2) is 0 Å². The summed E-state index contributed by atoms with van der Waals surface area (Å²) < 4.78 is 115. The average Bonchev–Trinajstić information content (AvgIpc) is 2.35. The third kappa shape index (κ3) is 4.27. The Morgan fingerprint density at radius 1 is 0.905 bits per heavy atom. The zero-order chi connectivity index (χ0) is 16.6. The molecule has 10 heteroatoms. The molecule has 124 valence electrons. The van der Waals surface area contributed by atoms with Crippen LogP contribution in [0.15, 0.2) is 12.7 Å². The van der Waals surface area contributed by atoms with E-state index in [1.54, 1.807) is 0 Å². The largest absolute Gasteiger partial charge is 0.393 e. The molecule has 3 unspecified atom stereocenters. The lowest BCUT2D eigenvalue weighted by Gasteiger charge is -2.41. The van der Waals surface area contributed by atoms with Crippen LogP contribution in [0.25, 0.3) is 0 Å². The predicted molar refractivity (Wildman–Crippen MR) is 55.3 cm³/mol. The van der Waals surface area contributed by atoms with Crippen molar-refractivity contribution in [2.75, 3.05) is 13.1 Å². The number of alkyl halides is 9. The Balaban J connectivity index is 3.02. The van der Waals surface area contributed by atoms with E-state index in [0.717, 1.165) is 0 Å². The highest BCUT2D eigenvalue weighted by Crippen LogP contribution is 2.43. The second-order valence-corrected chi connectivity index (χ2v) is 4.88. The minimum Gasteiger partial charge on any atom is -0.267 e. The van der Waals surface area contributed by atoms with Crippen LogP contribution in [0.5, 0.6) is 0 Å². The minimum atomic E-state index is -5.02. The molecule has 0 spiro atoms. The summed E-state index contributed by atoms with van der Waals surface area (Å²) in [6, 6.07) is 0. The molecule has 1 aliphatic rings. The van der Waals surface area contributed by atoms with Crippen molar-refractivity contribution in [1.82, 2.24) is 4.90 Å². The molecular weight excluding hydrogens is 317 g/mol. The minimum absolute atomic E-state index is 0.124. The second kappa shape index (κ2) is 5.69. The van der Waals surface area contributed by atoms with Crippen molar-refractivity contribution >= 4 is 0 Å². The van der Waals surface area contributed by atoms with E-state index in [1.165, 1.54) is 0 Å². The molecule has 1 aliphatic heterocycles. The summed E-state index contributed by atoms with van der Waals surface area (Å²) in [6.07, 6.45) is -14.8. The van der Waals surface area contributed by atoms with Gasteiger partial charge in [0.2, 0.25) is 6.30 Å². The molecule has 1 nitrogen and oxygen atoms in total. The van der Waals surface area contributed by atoms with Crippen LogP contribution in [0, 0.1) is 11.8 Å². The van der Waals surface area contributed by atoms with Crippen molar-refractivity contribution in [1.29, 1.82) is 0 Å². The van der Waals surface area contributed by atoms with Gasteiger partial charge in [-0.15, -0.1) is 0 Å². The zero-order valence-electron chi connectivity index (χ0n) is 10.5. The van der Waals surface area contributed by atoms with Crippen molar-refractivity contribution in [3.8, 4) is 0 Å². The fraction of sp³-hybridized carbons (Fsp3) is 0.818. The maximum Gasteiger partial charge on any atom is 0.393 e. The summed E-state index contributed by atoms with van der Waals surface area (Å²) in [5, 5.41) is 0. The van der Waals surface area contributed by atoms with Crippen molar-refractivity contribution in [2.45, 2.75) is 31.0 Å². The van der Waals surface area contributed by atoms with E-state index in [-0.39, 0.29) is 11.0 Å². The fourth-order valence-electron chi connectivity index (χ4n) is 2.13. The quantitative estimate of drug-likeness (QED) is 0.427. The van der Waals surface area contributed by atoms with Gasteiger partial charge >= 0.3 is 18.3 Å². The maximum atomic E-state index is 13.6. The van der Waals surface area contributed by atoms with Crippen LogP contribution >= 0.6 is 0 Å². The van der Waals surface area contributed by atoms with E-state index >= 15 is 0 Å². The van der Waals surface area contributed by atoms with Gasteiger partial charge in [-0.1, -0.05) is 6.58 Å². The van der Waals surface area contributed by atoms with Crippen molar-refractivity contribution in [3.05, 3.63) is 12.7 Å². The van der Waals surface area contributed by atoms with Crippen LogP contribution in [-0.4, -0.2) is 42.6 Å². The monoisotopic (exact) mass is 329 g/mol. The standard InChI is InChI=1S/C11H12F9N/c1-2-9(13,14)8(12)21-4-6(10(15,16)17)3-7(5-21)11(18,19)20/h2,6-8H,1,3-5H2. The molecule has 0 aromatic carbocycles. The number of likely N-dealkylation sites (tertiary alicyclic amines) is 1. The van der Waals surface area contributed by atoms with E-state index in [4.69, 9.17) is 0 Å². The number of piperidine rings is 1. The van der Waals surface area contributed by atoms with Crippen LogP contribution in [0.4, 0.5) is 39.5 Å². The van der Waals surface area contributed by atoms with E-state index in [2.05, 4.69) is 6.58 Å². The van der Waals surface area contributed by atoms with Gasteiger partial charge in [0.1, 0.15) is 0 Å². The fourth-order valence-corrected chi connectivity index (χ4v) is 2.13. The Kier molecular flexibility index (Phi) is 4.91. The lowest BCUT2D eigenvalue weighted by Crippen LogP contribution is -2.55. The number of halogens is 9. The Bertz CT molecular complexity index is 351. The number of hydrogen-bond donors (Lipinski definition) is 0. The Hall–Kier alpha value is -0.930. The van der Waals surface area contributed by atoms with Crippen LogP contribution in [-0.2, 0) is 0 Å². The maximum absolute atomic E-state index is 13.6. The average molecular weight is 329 g/mol. The van der Waals surface area contributed by atoms with Crippen molar-refractivity contribution in [3.63, 3.8) is 0 Å². The van der Waals surface area contributed by atoms with Crippen LogP contribution in [0.1, 0.15) is 6.42 Å². The molecule has 1 heterocycles. The zero-order valence-corrected chi connectivity index (χ0v) is 10.5. The molecule has 0 amide bonds. The summed E-state index contributed by atoms with van der Waals surface area (Å²) in [4.78, 5) is -0.124. The van der Waals surface area contributed by atoms with Gasteiger partial charge in [0.05, 0.1) is 11.8 Å². The first-order valence-corrected chi connectivity index (χ1v) is 5.82. The molecule has 0 aromatic rings. The van der Waals surface area contributed by atoms with Crippen molar-refractivity contribution < 1.29 is 39.5 Å². The third-order valence-corrected chi connectivity index (χ3v) is 3.31. The van der Waals surface area contributed by atoms with Crippen molar-refractivity contribution in [2.24, 2.45) is 11.8 Å². The van der Waals surface area contributed by atoms with E-state index in [0.29, 0.717) is 0 Å². The Morgan fingerprint density at radius 2 is 1.29 bits per heavy atom. The van der Waals surface area contributed by atoms with E-state index in [1.807, 2.05) is 0 Å². The van der Waals surface area contributed by atoms with Gasteiger partial charge in [-0.05, 0) is 12.5 Å². The molecule has 0 bridgehead atoms. The molecule has 21 heavy (non-hydrogen) atoms. The van der Waals surface area contributed by atoms with Gasteiger partial charge in [0.25, 0.3) is 0 Å². The Morgan fingerprint density at radius 3 is 1.57 bits per heavy atom. The van der Waals surface area contributed by atoms with E-state index in [9.17, 15) is 39.5 Å². The highest BCUT2D eigenvalue weighted by atomic mass is 19.4. The summed E-state index contributed by atoms with van der Waals surface area (Å²) in [6.45, 7) is 0.124. The Labute approximate surface area is 114 Å². The predicted octanol–water partition coefficient (Wildman–Crippen LogP) is 4.17. The molecule has 0 saturated carbocycles. The topological polar surface area (TPSA) is 3.24 Å². The van der Waals surface area contributed by atoms with Gasteiger partial charge in [-0.25, -0.2) is 4.39 Å². The summed E-state index contributed by atoms with van der Waals surface area (Å²) >= 11 is 0. The van der Waals surface area contributed by atoms with Crippen LogP contribution in [0.3, 0.4) is 0 Å². The highest BCUT2D eigenvalue weighted by Gasteiger charge is 2.54. The van der Waals surface area contributed by atoms with Gasteiger partial charge < -0.3 is 0 Å². The lowest BCUT2D eigenvalue weighted by molar-refractivity contribution is -0.245. The first kappa shape index (κ1) is 18.1. The molecule has 3 atom stereocenters. The molecule has 1 fully saturated rings. The van der Waals surface area contributed by atoms with Gasteiger partial charge in [-0.3, -0.25) is 4.90 Å². The van der Waals surface area contributed by atoms with Crippen LogP contribution < -0.4 is 0 Å². The molecule has 0 radical (unpaired) electrons. The summed E-state index contributed by atoms with van der Waals surface area (Å²) in [5.74, 6) is -9.27. The first-order chi connectivity index (χ1) is 9.29. The lowest BCUT2D eigenvalue weighted by atomic mass is 9.88. The molecular formula is C11H12F9N. The summed E-state index contributed by atoms with van der Waals surface area (Å²) in [7, 11) is 0. The molecule has 0 aromatic heterocycles. The third-order valence-electron chi connectivity index (χ3n) is 3.31. The number of nitrogens with zero attached hydrogens (tertiary/aromatic N) is 1. The molecule has 1 rings (SSSR count).